The highest BCUT2D eigenvalue weighted by Gasteiger charge is 2.22. The second kappa shape index (κ2) is 5.22. The van der Waals surface area contributed by atoms with Crippen molar-refractivity contribution in [3.8, 4) is 0 Å². The minimum atomic E-state index is -1.09. The average Bonchev–Trinajstić information content (AvgIpc) is 2.31. The van der Waals surface area contributed by atoms with Crippen LogP contribution >= 0.6 is 11.6 Å². The largest absolute Gasteiger partial charge is 0.478 e. The van der Waals surface area contributed by atoms with Gasteiger partial charge in [0.15, 0.2) is 0 Å². The van der Waals surface area contributed by atoms with Crippen molar-refractivity contribution >= 4 is 29.3 Å². The van der Waals surface area contributed by atoms with Crippen LogP contribution in [0.5, 0.6) is 0 Å². The number of carbonyl (C=O) groups excluding carboxylic acids is 1. The fourth-order valence-electron chi connectivity index (χ4n) is 1.78. The highest BCUT2D eigenvalue weighted by Crippen LogP contribution is 2.17. The van der Waals surface area contributed by atoms with Crippen molar-refractivity contribution in [3.05, 3.63) is 22.8 Å². The van der Waals surface area contributed by atoms with Crippen molar-refractivity contribution < 1.29 is 14.7 Å². The molecule has 96 valence electrons. The zero-order valence-corrected chi connectivity index (χ0v) is 10.2. The van der Waals surface area contributed by atoms with Crippen LogP contribution in [-0.2, 0) is 4.79 Å². The summed E-state index contributed by atoms with van der Waals surface area (Å²) in [5.41, 5.74) is 0.0358. The second-order valence-electron chi connectivity index (χ2n) is 4.00. The second-order valence-corrected chi connectivity index (χ2v) is 4.39. The van der Waals surface area contributed by atoms with E-state index in [1.807, 2.05) is 0 Å². The van der Waals surface area contributed by atoms with E-state index in [0.29, 0.717) is 18.8 Å². The lowest BCUT2D eigenvalue weighted by Crippen LogP contribution is -2.44. The number of aromatic carboxylic acids is 1. The molecule has 7 heteroatoms. The Balaban J connectivity index is 2.17. The average molecular weight is 270 g/mol. The van der Waals surface area contributed by atoms with E-state index in [4.69, 9.17) is 16.7 Å². The molecule has 1 amide bonds. The molecule has 1 aliphatic heterocycles. The first-order valence-corrected chi connectivity index (χ1v) is 5.89. The van der Waals surface area contributed by atoms with Crippen LogP contribution in [0, 0.1) is 0 Å². The number of nitrogens with zero attached hydrogens (tertiary/aromatic N) is 1. The molecule has 6 nitrogen and oxygen atoms in total. The molecule has 1 saturated heterocycles. The lowest BCUT2D eigenvalue weighted by atomic mass is 10.1. The Morgan fingerprint density at radius 2 is 2.33 bits per heavy atom. The zero-order valence-electron chi connectivity index (χ0n) is 9.44. The van der Waals surface area contributed by atoms with Crippen LogP contribution in [0.2, 0.25) is 5.15 Å². The van der Waals surface area contributed by atoms with Gasteiger partial charge in [0, 0.05) is 6.54 Å². The number of hydrogen-bond donors (Lipinski definition) is 3. The first kappa shape index (κ1) is 12.6. The Labute approximate surface area is 108 Å². The summed E-state index contributed by atoms with van der Waals surface area (Å²) in [5, 5.41) is 14.6. The van der Waals surface area contributed by atoms with Gasteiger partial charge >= 0.3 is 5.97 Å². The number of amides is 1. The third-order valence-electron chi connectivity index (χ3n) is 2.65. The quantitative estimate of drug-likeness (QED) is 0.716. The molecular formula is C11H12ClN3O3. The lowest BCUT2D eigenvalue weighted by Gasteiger charge is -2.23. The number of carboxylic acid groups (broad SMARTS) is 1. The molecular weight excluding hydrogens is 258 g/mol. The number of hydrogen-bond acceptors (Lipinski definition) is 4. The highest BCUT2D eigenvalue weighted by atomic mass is 35.5. The Kier molecular flexibility index (Phi) is 3.66. The number of piperidine rings is 1. The van der Waals surface area contributed by atoms with E-state index < -0.39 is 12.0 Å². The first-order chi connectivity index (χ1) is 8.56. The van der Waals surface area contributed by atoms with Crippen molar-refractivity contribution in [2.75, 3.05) is 11.9 Å². The summed E-state index contributed by atoms with van der Waals surface area (Å²) in [4.78, 5) is 26.4. The number of anilines is 1. The lowest BCUT2D eigenvalue weighted by molar-refractivity contribution is -0.123. The molecule has 0 aromatic carbocycles. The SMILES string of the molecule is O=C(O)c1cc(Cl)nc(NC2CCCNC2=O)c1. The minimum Gasteiger partial charge on any atom is -0.478 e. The molecule has 1 aliphatic rings. The Hall–Kier alpha value is -1.82. The summed E-state index contributed by atoms with van der Waals surface area (Å²) in [5.74, 6) is -0.905. The van der Waals surface area contributed by atoms with E-state index in [1.54, 1.807) is 0 Å². The van der Waals surface area contributed by atoms with Crippen LogP contribution in [0.3, 0.4) is 0 Å². The summed E-state index contributed by atoms with van der Waals surface area (Å²) in [6.07, 6.45) is 1.55. The maximum absolute atomic E-state index is 11.6. The third-order valence-corrected chi connectivity index (χ3v) is 2.84. The van der Waals surface area contributed by atoms with Crippen molar-refractivity contribution in [2.45, 2.75) is 18.9 Å². The molecule has 0 radical (unpaired) electrons. The predicted octanol–water partition coefficient (Wildman–Crippen LogP) is 1.12. The summed E-state index contributed by atoms with van der Waals surface area (Å²) in [6, 6.07) is 2.22. The fourth-order valence-corrected chi connectivity index (χ4v) is 1.99. The summed E-state index contributed by atoms with van der Waals surface area (Å²) in [7, 11) is 0. The Bertz CT molecular complexity index is 492. The van der Waals surface area contributed by atoms with E-state index in [0.717, 1.165) is 6.42 Å². The van der Waals surface area contributed by atoms with E-state index >= 15 is 0 Å². The van der Waals surface area contributed by atoms with E-state index in [-0.39, 0.29) is 16.6 Å². The van der Waals surface area contributed by atoms with Gasteiger partial charge in [0.25, 0.3) is 0 Å². The van der Waals surface area contributed by atoms with Crippen molar-refractivity contribution in [1.29, 1.82) is 0 Å². The molecule has 1 atom stereocenters. The minimum absolute atomic E-state index is 0.0358. The Morgan fingerprint density at radius 3 is 3.00 bits per heavy atom. The molecule has 3 N–H and O–H groups in total. The van der Waals surface area contributed by atoms with Crippen LogP contribution in [0.25, 0.3) is 0 Å². The first-order valence-electron chi connectivity index (χ1n) is 5.51. The standard InChI is InChI=1S/C11H12ClN3O3/c12-8-4-6(11(17)18)5-9(15-8)14-7-2-1-3-13-10(7)16/h4-5,7H,1-3H2,(H,13,16)(H,14,15)(H,17,18). The van der Waals surface area contributed by atoms with Crippen LogP contribution in [-0.4, -0.2) is 34.6 Å². The van der Waals surface area contributed by atoms with Crippen molar-refractivity contribution in [3.63, 3.8) is 0 Å². The van der Waals surface area contributed by atoms with E-state index in [9.17, 15) is 9.59 Å². The Morgan fingerprint density at radius 1 is 1.56 bits per heavy atom. The molecule has 2 heterocycles. The van der Waals surface area contributed by atoms with Gasteiger partial charge < -0.3 is 15.7 Å². The molecule has 0 spiro atoms. The molecule has 1 aromatic heterocycles. The number of carbonyl (C=O) groups is 2. The van der Waals surface area contributed by atoms with Gasteiger partial charge in [-0.2, -0.15) is 0 Å². The van der Waals surface area contributed by atoms with Gasteiger partial charge in [-0.25, -0.2) is 9.78 Å². The number of pyridine rings is 1. The monoisotopic (exact) mass is 269 g/mol. The zero-order chi connectivity index (χ0) is 13.1. The van der Waals surface area contributed by atoms with Gasteiger partial charge in [0.1, 0.15) is 17.0 Å². The highest BCUT2D eigenvalue weighted by molar-refractivity contribution is 6.29. The fraction of sp³-hybridized carbons (Fsp3) is 0.364. The molecule has 1 fully saturated rings. The third kappa shape index (κ3) is 2.89. The van der Waals surface area contributed by atoms with Gasteiger partial charge in [-0.3, -0.25) is 4.79 Å². The van der Waals surface area contributed by atoms with Gasteiger partial charge in [0.05, 0.1) is 5.56 Å². The molecule has 0 aliphatic carbocycles. The maximum Gasteiger partial charge on any atom is 0.335 e. The number of halogens is 1. The number of nitrogens with one attached hydrogen (secondary N) is 2. The maximum atomic E-state index is 11.6. The molecule has 1 unspecified atom stereocenters. The normalized spacial score (nSPS) is 19.2. The predicted molar refractivity (Wildman–Crippen MR) is 65.9 cm³/mol. The molecule has 18 heavy (non-hydrogen) atoms. The van der Waals surface area contributed by atoms with Gasteiger partial charge in [-0.05, 0) is 25.0 Å². The number of aromatic nitrogens is 1. The van der Waals surface area contributed by atoms with E-state index in [2.05, 4.69) is 15.6 Å². The van der Waals surface area contributed by atoms with Gasteiger partial charge in [-0.1, -0.05) is 11.6 Å². The van der Waals surface area contributed by atoms with E-state index in [1.165, 1.54) is 12.1 Å². The number of carboxylic acids is 1. The molecule has 2 rings (SSSR count). The number of rotatable bonds is 3. The van der Waals surface area contributed by atoms with Crippen LogP contribution in [0.15, 0.2) is 12.1 Å². The molecule has 0 saturated carbocycles. The van der Waals surface area contributed by atoms with Gasteiger partial charge in [-0.15, -0.1) is 0 Å². The van der Waals surface area contributed by atoms with Crippen LogP contribution < -0.4 is 10.6 Å². The van der Waals surface area contributed by atoms with Gasteiger partial charge in [0.2, 0.25) is 5.91 Å². The van der Waals surface area contributed by atoms with Crippen molar-refractivity contribution in [2.24, 2.45) is 0 Å². The van der Waals surface area contributed by atoms with Crippen molar-refractivity contribution in [1.82, 2.24) is 10.3 Å². The smallest absolute Gasteiger partial charge is 0.335 e. The summed E-state index contributed by atoms with van der Waals surface area (Å²) >= 11 is 5.73. The summed E-state index contributed by atoms with van der Waals surface area (Å²) < 4.78 is 0. The van der Waals surface area contributed by atoms with Crippen LogP contribution in [0.1, 0.15) is 23.2 Å². The van der Waals surface area contributed by atoms with Crippen LogP contribution in [0.4, 0.5) is 5.82 Å². The molecule has 1 aromatic rings. The topological polar surface area (TPSA) is 91.3 Å². The molecule has 0 bridgehead atoms. The summed E-state index contributed by atoms with van der Waals surface area (Å²) in [6.45, 7) is 0.667.